The first kappa shape index (κ1) is 14.4. The van der Waals surface area contributed by atoms with Gasteiger partial charge in [-0.05, 0) is 51.9 Å². The average molecular weight is 261 g/mol. The van der Waals surface area contributed by atoms with E-state index in [9.17, 15) is 0 Å². The zero-order valence-corrected chi connectivity index (χ0v) is 12.7. The van der Waals surface area contributed by atoms with Gasteiger partial charge in [0.2, 0.25) is 0 Å². The van der Waals surface area contributed by atoms with E-state index in [0.29, 0.717) is 12.6 Å². The normalized spacial score (nSPS) is 27.7. The Hall–Kier alpha value is -1.06. The number of likely N-dealkylation sites (tertiary alicyclic amines) is 1. The van der Waals surface area contributed by atoms with Gasteiger partial charge in [0, 0.05) is 31.4 Å². The van der Waals surface area contributed by atoms with Crippen molar-refractivity contribution in [3.05, 3.63) is 29.8 Å². The molecule has 0 saturated carbocycles. The predicted octanol–water partition coefficient (Wildman–Crippen LogP) is 2.24. The Balaban J connectivity index is 2.35. The molecule has 0 amide bonds. The van der Waals surface area contributed by atoms with Crippen molar-refractivity contribution >= 4 is 5.69 Å². The number of nitrogens with two attached hydrogens (primary N) is 1. The molecule has 2 N–H and O–H groups in total. The zero-order chi connectivity index (χ0) is 14.0. The van der Waals surface area contributed by atoms with E-state index in [-0.39, 0.29) is 5.54 Å². The van der Waals surface area contributed by atoms with E-state index in [1.54, 1.807) is 0 Å². The maximum absolute atomic E-state index is 6.18. The van der Waals surface area contributed by atoms with E-state index in [4.69, 9.17) is 5.73 Å². The molecule has 1 saturated heterocycles. The van der Waals surface area contributed by atoms with Gasteiger partial charge in [0.25, 0.3) is 0 Å². The third kappa shape index (κ3) is 2.63. The fourth-order valence-electron chi connectivity index (χ4n) is 3.43. The molecule has 3 heteroatoms. The average Bonchev–Trinajstić information content (AvgIpc) is 2.67. The first-order valence-corrected chi connectivity index (χ1v) is 7.27. The number of likely N-dealkylation sites (N-methyl/N-ethyl adjacent to an activating group) is 2. The Morgan fingerprint density at radius 2 is 2.21 bits per heavy atom. The van der Waals surface area contributed by atoms with Gasteiger partial charge in [-0.25, -0.2) is 0 Å². The van der Waals surface area contributed by atoms with Crippen molar-refractivity contribution in [2.75, 3.05) is 31.6 Å². The molecule has 0 aliphatic carbocycles. The van der Waals surface area contributed by atoms with Crippen molar-refractivity contribution in [1.82, 2.24) is 4.90 Å². The largest absolute Gasteiger partial charge is 0.363 e. The second kappa shape index (κ2) is 5.51. The van der Waals surface area contributed by atoms with Gasteiger partial charge in [-0.15, -0.1) is 0 Å². The summed E-state index contributed by atoms with van der Waals surface area (Å²) >= 11 is 0. The number of hydrogen-bond acceptors (Lipinski definition) is 3. The minimum absolute atomic E-state index is 0.0801. The van der Waals surface area contributed by atoms with E-state index < -0.39 is 0 Å². The molecule has 1 aromatic rings. The Kier molecular flexibility index (Phi) is 4.16. The lowest BCUT2D eigenvalue weighted by atomic mass is 9.93. The zero-order valence-electron chi connectivity index (χ0n) is 12.7. The fourth-order valence-corrected chi connectivity index (χ4v) is 3.43. The molecule has 1 aliphatic heterocycles. The van der Waals surface area contributed by atoms with Crippen molar-refractivity contribution in [2.45, 2.75) is 38.8 Å². The number of aryl methyl sites for hydroxylation is 1. The van der Waals surface area contributed by atoms with Crippen LogP contribution in [0.25, 0.3) is 0 Å². The summed E-state index contributed by atoms with van der Waals surface area (Å²) in [6.45, 7) is 9.43. The first-order chi connectivity index (χ1) is 9.02. The molecule has 1 fully saturated rings. The SMILES string of the molecule is CCN(c1cccc(C)c1)C1(CN)CC(C)N(C)C1. The maximum Gasteiger partial charge on any atom is 0.0665 e. The summed E-state index contributed by atoms with van der Waals surface area (Å²) in [6, 6.07) is 9.36. The molecule has 1 aromatic carbocycles. The van der Waals surface area contributed by atoms with Crippen LogP contribution in [0.5, 0.6) is 0 Å². The maximum atomic E-state index is 6.18. The minimum atomic E-state index is 0.0801. The van der Waals surface area contributed by atoms with E-state index >= 15 is 0 Å². The van der Waals surface area contributed by atoms with Crippen molar-refractivity contribution in [1.29, 1.82) is 0 Å². The highest BCUT2D eigenvalue weighted by molar-refractivity contribution is 5.51. The predicted molar refractivity (Wildman–Crippen MR) is 82.7 cm³/mol. The van der Waals surface area contributed by atoms with Crippen LogP contribution < -0.4 is 10.6 Å². The Labute approximate surface area is 117 Å². The highest BCUT2D eigenvalue weighted by Crippen LogP contribution is 2.34. The number of hydrogen-bond donors (Lipinski definition) is 1. The summed E-state index contributed by atoms with van der Waals surface area (Å²) in [5.41, 5.74) is 8.87. The summed E-state index contributed by atoms with van der Waals surface area (Å²) in [5.74, 6) is 0. The summed E-state index contributed by atoms with van der Waals surface area (Å²) in [4.78, 5) is 4.92. The lowest BCUT2D eigenvalue weighted by molar-refractivity contribution is 0.316. The van der Waals surface area contributed by atoms with Crippen LogP contribution in [0.4, 0.5) is 5.69 Å². The standard InChI is InChI=1S/C16H27N3/c1-5-19(15-8-6-7-13(2)9-15)16(11-17)10-14(3)18(4)12-16/h6-9,14H,5,10-12,17H2,1-4H3. The van der Waals surface area contributed by atoms with Crippen LogP contribution in [0.15, 0.2) is 24.3 Å². The van der Waals surface area contributed by atoms with E-state index in [1.165, 1.54) is 11.3 Å². The molecule has 106 valence electrons. The van der Waals surface area contributed by atoms with Gasteiger partial charge in [-0.3, -0.25) is 0 Å². The van der Waals surface area contributed by atoms with Gasteiger partial charge in [-0.2, -0.15) is 0 Å². The van der Waals surface area contributed by atoms with Crippen molar-refractivity contribution < 1.29 is 0 Å². The highest BCUT2D eigenvalue weighted by atomic mass is 15.3. The molecular formula is C16H27N3. The highest BCUT2D eigenvalue weighted by Gasteiger charge is 2.43. The van der Waals surface area contributed by atoms with Crippen molar-refractivity contribution in [2.24, 2.45) is 5.73 Å². The smallest absolute Gasteiger partial charge is 0.0665 e. The van der Waals surface area contributed by atoms with Crippen LogP contribution in [0.3, 0.4) is 0 Å². The molecular weight excluding hydrogens is 234 g/mol. The monoisotopic (exact) mass is 261 g/mol. The molecule has 2 atom stereocenters. The molecule has 0 radical (unpaired) electrons. The van der Waals surface area contributed by atoms with Gasteiger partial charge in [-0.1, -0.05) is 12.1 Å². The molecule has 1 aliphatic rings. The Morgan fingerprint density at radius 3 is 2.68 bits per heavy atom. The molecule has 1 heterocycles. The van der Waals surface area contributed by atoms with Crippen LogP contribution in [-0.4, -0.2) is 43.2 Å². The van der Waals surface area contributed by atoms with Crippen LogP contribution in [0.1, 0.15) is 25.8 Å². The van der Waals surface area contributed by atoms with Gasteiger partial charge in [0.05, 0.1) is 5.54 Å². The van der Waals surface area contributed by atoms with Crippen molar-refractivity contribution in [3.8, 4) is 0 Å². The van der Waals surface area contributed by atoms with Gasteiger partial charge < -0.3 is 15.5 Å². The molecule has 19 heavy (non-hydrogen) atoms. The molecule has 0 bridgehead atoms. The summed E-state index contributed by atoms with van der Waals surface area (Å²) < 4.78 is 0. The molecule has 0 spiro atoms. The lowest BCUT2D eigenvalue weighted by Crippen LogP contribution is -2.56. The summed E-state index contributed by atoms with van der Waals surface area (Å²) in [5, 5.41) is 0. The van der Waals surface area contributed by atoms with Gasteiger partial charge in [0.15, 0.2) is 0 Å². The molecule has 3 nitrogen and oxygen atoms in total. The second-order valence-electron chi connectivity index (χ2n) is 5.98. The van der Waals surface area contributed by atoms with Crippen LogP contribution >= 0.6 is 0 Å². The molecule has 2 rings (SSSR count). The number of rotatable bonds is 4. The quantitative estimate of drug-likeness (QED) is 0.902. The van der Waals surface area contributed by atoms with Crippen LogP contribution in [0, 0.1) is 6.92 Å². The number of benzene rings is 1. The summed E-state index contributed by atoms with van der Waals surface area (Å²) in [7, 11) is 2.20. The van der Waals surface area contributed by atoms with Gasteiger partial charge in [0.1, 0.15) is 0 Å². The van der Waals surface area contributed by atoms with E-state index in [1.807, 2.05) is 0 Å². The first-order valence-electron chi connectivity index (χ1n) is 7.27. The minimum Gasteiger partial charge on any atom is -0.363 e. The third-order valence-electron chi connectivity index (χ3n) is 4.55. The fraction of sp³-hybridized carbons (Fsp3) is 0.625. The second-order valence-corrected chi connectivity index (χ2v) is 5.98. The molecule has 2 unspecified atom stereocenters. The Morgan fingerprint density at radius 1 is 1.47 bits per heavy atom. The summed E-state index contributed by atoms with van der Waals surface area (Å²) in [6.07, 6.45) is 1.14. The number of nitrogens with zero attached hydrogens (tertiary/aromatic N) is 2. The third-order valence-corrected chi connectivity index (χ3v) is 4.55. The van der Waals surface area contributed by atoms with E-state index in [0.717, 1.165) is 19.5 Å². The topological polar surface area (TPSA) is 32.5 Å². The molecule has 0 aromatic heterocycles. The van der Waals surface area contributed by atoms with E-state index in [2.05, 4.69) is 61.9 Å². The van der Waals surface area contributed by atoms with Crippen molar-refractivity contribution in [3.63, 3.8) is 0 Å². The lowest BCUT2D eigenvalue weighted by Gasteiger charge is -2.42. The number of anilines is 1. The van der Waals surface area contributed by atoms with Crippen LogP contribution in [0.2, 0.25) is 0 Å². The Bertz CT molecular complexity index is 420. The van der Waals surface area contributed by atoms with Crippen LogP contribution in [-0.2, 0) is 0 Å². The van der Waals surface area contributed by atoms with Gasteiger partial charge >= 0.3 is 0 Å².